The monoisotopic (exact) mass is 253 g/mol. The van der Waals surface area contributed by atoms with Crippen molar-refractivity contribution >= 4 is 11.3 Å². The molecular formula is C13H23N3S. The van der Waals surface area contributed by atoms with E-state index in [4.69, 9.17) is 0 Å². The first kappa shape index (κ1) is 13.0. The van der Waals surface area contributed by atoms with Crippen LogP contribution in [0.4, 0.5) is 0 Å². The molecule has 0 saturated carbocycles. The Balaban J connectivity index is 1.67. The summed E-state index contributed by atoms with van der Waals surface area (Å²) in [6.45, 7) is 7.83. The second-order valence-corrected chi connectivity index (χ2v) is 6.25. The van der Waals surface area contributed by atoms with Crippen LogP contribution in [0, 0.1) is 12.8 Å². The maximum Gasteiger partial charge on any atom is 0.109 e. The molecule has 17 heavy (non-hydrogen) atoms. The largest absolute Gasteiger partial charge is 0.316 e. The van der Waals surface area contributed by atoms with Crippen LogP contribution in [0.2, 0.25) is 0 Å². The number of aromatic nitrogens is 1. The van der Waals surface area contributed by atoms with Gasteiger partial charge in [-0.3, -0.25) is 0 Å². The van der Waals surface area contributed by atoms with Gasteiger partial charge in [-0.05, 0) is 58.7 Å². The number of aryl methyl sites for hydroxylation is 1. The lowest BCUT2D eigenvalue weighted by molar-refractivity contribution is 0.347. The van der Waals surface area contributed by atoms with Gasteiger partial charge in [0, 0.05) is 11.1 Å². The highest BCUT2D eigenvalue weighted by Gasteiger charge is 2.13. The molecule has 0 spiro atoms. The van der Waals surface area contributed by atoms with Gasteiger partial charge in [0.2, 0.25) is 0 Å². The van der Waals surface area contributed by atoms with Crippen molar-refractivity contribution in [1.29, 1.82) is 0 Å². The van der Waals surface area contributed by atoms with Gasteiger partial charge in [0.15, 0.2) is 0 Å². The Bertz CT molecular complexity index is 331. The van der Waals surface area contributed by atoms with E-state index in [-0.39, 0.29) is 0 Å². The zero-order valence-corrected chi connectivity index (χ0v) is 11.6. The van der Waals surface area contributed by atoms with Gasteiger partial charge in [0.1, 0.15) is 5.01 Å². The summed E-state index contributed by atoms with van der Waals surface area (Å²) >= 11 is 1.80. The van der Waals surface area contributed by atoms with Crippen molar-refractivity contribution in [3.05, 3.63) is 16.1 Å². The molecule has 2 atom stereocenters. The molecule has 3 nitrogen and oxygen atoms in total. The van der Waals surface area contributed by atoms with Crippen LogP contribution in [0.15, 0.2) is 6.20 Å². The fourth-order valence-electron chi connectivity index (χ4n) is 2.33. The molecule has 1 aliphatic heterocycles. The number of nitrogens with one attached hydrogen (secondary N) is 2. The molecule has 2 N–H and O–H groups in total. The number of nitrogens with zero attached hydrogens (tertiary/aromatic N) is 1. The number of hydrogen-bond acceptors (Lipinski definition) is 4. The predicted octanol–water partition coefficient (Wildman–Crippen LogP) is 2.49. The number of rotatable bonds is 5. The van der Waals surface area contributed by atoms with Crippen LogP contribution < -0.4 is 10.6 Å². The van der Waals surface area contributed by atoms with Crippen molar-refractivity contribution in [3.63, 3.8) is 0 Å². The Kier molecular flexibility index (Phi) is 4.95. The lowest BCUT2D eigenvalue weighted by Crippen LogP contribution is -2.32. The van der Waals surface area contributed by atoms with Crippen molar-refractivity contribution in [2.45, 2.75) is 39.2 Å². The quantitative estimate of drug-likeness (QED) is 0.846. The summed E-state index contributed by atoms with van der Waals surface area (Å²) < 4.78 is 0. The van der Waals surface area contributed by atoms with E-state index in [0.717, 1.165) is 12.5 Å². The van der Waals surface area contributed by atoms with Gasteiger partial charge in [-0.15, -0.1) is 11.3 Å². The van der Waals surface area contributed by atoms with Crippen LogP contribution in [0.3, 0.4) is 0 Å². The van der Waals surface area contributed by atoms with E-state index in [1.165, 1.54) is 42.2 Å². The third kappa shape index (κ3) is 4.05. The summed E-state index contributed by atoms with van der Waals surface area (Å²) in [7, 11) is 0. The van der Waals surface area contributed by atoms with E-state index in [1.54, 1.807) is 11.3 Å². The second kappa shape index (κ2) is 6.47. The van der Waals surface area contributed by atoms with Crippen LogP contribution in [0.5, 0.6) is 0 Å². The Morgan fingerprint density at radius 1 is 1.65 bits per heavy atom. The van der Waals surface area contributed by atoms with Crippen molar-refractivity contribution < 1.29 is 0 Å². The highest BCUT2D eigenvalue weighted by atomic mass is 32.1. The highest BCUT2D eigenvalue weighted by Crippen LogP contribution is 2.19. The van der Waals surface area contributed by atoms with E-state index in [0.29, 0.717) is 6.04 Å². The number of thiazole rings is 1. The Hall–Kier alpha value is -0.450. The SMILES string of the molecule is Cc1cnc(C(C)NCCC2CCCNC2)s1. The van der Waals surface area contributed by atoms with E-state index in [9.17, 15) is 0 Å². The normalized spacial score (nSPS) is 22.6. The molecule has 0 radical (unpaired) electrons. The third-order valence-corrected chi connectivity index (χ3v) is 4.51. The van der Waals surface area contributed by atoms with E-state index >= 15 is 0 Å². The second-order valence-electron chi connectivity index (χ2n) is 4.99. The topological polar surface area (TPSA) is 37.0 Å². The smallest absolute Gasteiger partial charge is 0.109 e. The van der Waals surface area contributed by atoms with Gasteiger partial charge >= 0.3 is 0 Å². The fourth-order valence-corrected chi connectivity index (χ4v) is 3.13. The van der Waals surface area contributed by atoms with Gasteiger partial charge in [-0.2, -0.15) is 0 Å². The highest BCUT2D eigenvalue weighted by molar-refractivity contribution is 7.11. The van der Waals surface area contributed by atoms with Gasteiger partial charge in [-0.25, -0.2) is 4.98 Å². The number of hydrogen-bond donors (Lipinski definition) is 2. The molecule has 1 saturated heterocycles. The van der Waals surface area contributed by atoms with Crippen molar-refractivity contribution in [2.24, 2.45) is 5.92 Å². The minimum Gasteiger partial charge on any atom is -0.316 e. The van der Waals surface area contributed by atoms with Crippen molar-refractivity contribution in [3.8, 4) is 0 Å². The fraction of sp³-hybridized carbons (Fsp3) is 0.769. The Labute approximate surface area is 108 Å². The molecule has 0 amide bonds. The molecule has 2 heterocycles. The van der Waals surface area contributed by atoms with Gasteiger partial charge in [0.05, 0.1) is 6.04 Å². The van der Waals surface area contributed by atoms with Crippen LogP contribution in [0.25, 0.3) is 0 Å². The average Bonchev–Trinajstić information content (AvgIpc) is 2.77. The predicted molar refractivity (Wildman–Crippen MR) is 73.5 cm³/mol. The van der Waals surface area contributed by atoms with Crippen molar-refractivity contribution in [1.82, 2.24) is 15.6 Å². The third-order valence-electron chi connectivity index (χ3n) is 3.41. The van der Waals surface area contributed by atoms with E-state index in [2.05, 4.69) is 29.5 Å². The lowest BCUT2D eigenvalue weighted by atomic mass is 9.96. The average molecular weight is 253 g/mol. The molecule has 0 aromatic carbocycles. The summed E-state index contributed by atoms with van der Waals surface area (Å²) in [5.41, 5.74) is 0. The van der Waals surface area contributed by atoms with Gasteiger partial charge in [-0.1, -0.05) is 0 Å². The Morgan fingerprint density at radius 3 is 3.18 bits per heavy atom. The first-order valence-corrected chi connectivity index (χ1v) is 7.44. The summed E-state index contributed by atoms with van der Waals surface area (Å²) in [6, 6.07) is 0.394. The molecule has 1 aromatic rings. The molecule has 4 heteroatoms. The van der Waals surface area contributed by atoms with Crippen LogP contribution >= 0.6 is 11.3 Å². The molecule has 2 rings (SSSR count). The number of piperidine rings is 1. The molecule has 0 bridgehead atoms. The van der Waals surface area contributed by atoms with E-state index in [1.807, 2.05) is 6.20 Å². The minimum atomic E-state index is 0.394. The molecular weight excluding hydrogens is 230 g/mol. The minimum absolute atomic E-state index is 0.394. The summed E-state index contributed by atoms with van der Waals surface area (Å²) in [5, 5.41) is 8.26. The maximum absolute atomic E-state index is 4.42. The Morgan fingerprint density at radius 2 is 2.53 bits per heavy atom. The maximum atomic E-state index is 4.42. The zero-order chi connectivity index (χ0) is 12.1. The molecule has 2 unspecified atom stereocenters. The summed E-state index contributed by atoms with van der Waals surface area (Å²) in [4.78, 5) is 5.72. The molecule has 1 aliphatic rings. The first-order chi connectivity index (χ1) is 8.25. The van der Waals surface area contributed by atoms with Gasteiger partial charge in [0.25, 0.3) is 0 Å². The molecule has 96 valence electrons. The van der Waals surface area contributed by atoms with Crippen molar-refractivity contribution in [2.75, 3.05) is 19.6 Å². The van der Waals surface area contributed by atoms with Crippen LogP contribution in [0.1, 0.15) is 42.1 Å². The van der Waals surface area contributed by atoms with E-state index < -0.39 is 0 Å². The lowest BCUT2D eigenvalue weighted by Gasteiger charge is -2.23. The van der Waals surface area contributed by atoms with Crippen LogP contribution in [-0.4, -0.2) is 24.6 Å². The molecule has 1 fully saturated rings. The molecule has 0 aliphatic carbocycles. The standard InChI is InChI=1S/C13H23N3S/c1-10-8-16-13(17-10)11(2)15-7-5-12-4-3-6-14-9-12/h8,11-12,14-15H,3-7,9H2,1-2H3. The first-order valence-electron chi connectivity index (χ1n) is 6.62. The summed E-state index contributed by atoms with van der Waals surface area (Å²) in [5.74, 6) is 0.862. The van der Waals surface area contributed by atoms with Crippen LogP contribution in [-0.2, 0) is 0 Å². The zero-order valence-electron chi connectivity index (χ0n) is 10.8. The van der Waals surface area contributed by atoms with Gasteiger partial charge < -0.3 is 10.6 Å². The molecule has 1 aromatic heterocycles. The summed E-state index contributed by atoms with van der Waals surface area (Å²) in [6.07, 6.45) is 5.97.